The van der Waals surface area contributed by atoms with Gasteiger partial charge in [-0.05, 0) is 42.3 Å². The Labute approximate surface area is 147 Å². The minimum atomic E-state index is -0.412. The number of hydrogen-bond donors (Lipinski definition) is 2. The van der Waals surface area contributed by atoms with Crippen molar-refractivity contribution in [3.8, 4) is 5.75 Å². The number of nitrogens with one attached hydrogen (secondary N) is 2. The summed E-state index contributed by atoms with van der Waals surface area (Å²) < 4.78 is 9.86. The van der Waals surface area contributed by atoms with E-state index >= 15 is 0 Å². The van der Waals surface area contributed by atoms with Gasteiger partial charge in [0.15, 0.2) is 0 Å². The average Bonchev–Trinajstić information content (AvgIpc) is 2.65. The van der Waals surface area contributed by atoms with Gasteiger partial charge in [0.2, 0.25) is 5.91 Å². The fourth-order valence-corrected chi connectivity index (χ4v) is 2.28. The summed E-state index contributed by atoms with van der Waals surface area (Å²) in [6.07, 6.45) is 0. The lowest BCUT2D eigenvalue weighted by atomic mass is 10.1. The fourth-order valence-electron chi connectivity index (χ4n) is 2.28. The monoisotopic (exact) mass is 342 g/mol. The second-order valence-electron chi connectivity index (χ2n) is 5.50. The number of amides is 1. The van der Waals surface area contributed by atoms with Crippen LogP contribution in [0, 0.1) is 6.92 Å². The van der Waals surface area contributed by atoms with Gasteiger partial charge >= 0.3 is 5.97 Å². The highest BCUT2D eigenvalue weighted by atomic mass is 16.5. The number of carbonyl (C=O) groups excluding carboxylic acids is 2. The molecule has 1 amide bonds. The van der Waals surface area contributed by atoms with Crippen molar-refractivity contribution < 1.29 is 19.1 Å². The predicted molar refractivity (Wildman–Crippen MR) is 95.8 cm³/mol. The molecule has 0 fully saturated rings. The summed E-state index contributed by atoms with van der Waals surface area (Å²) in [4.78, 5) is 23.6. The van der Waals surface area contributed by atoms with Crippen LogP contribution in [0.5, 0.6) is 5.75 Å². The van der Waals surface area contributed by atoms with Crippen LogP contribution in [0.3, 0.4) is 0 Å². The standard InChI is InChI=1S/C19H22N2O4/c1-13-7-8-15(19(23)25-3)10-17(13)20-12-18(22)21-11-14-5-4-6-16(9-14)24-2/h4-10,20H,11-12H2,1-3H3,(H,21,22). The number of carbonyl (C=O) groups is 2. The molecule has 0 aliphatic carbocycles. The molecule has 0 atom stereocenters. The summed E-state index contributed by atoms with van der Waals surface area (Å²) in [6.45, 7) is 2.42. The SMILES string of the molecule is COC(=O)c1ccc(C)c(NCC(=O)NCc2cccc(OC)c2)c1. The first-order valence-corrected chi connectivity index (χ1v) is 7.86. The Hall–Kier alpha value is -3.02. The molecule has 25 heavy (non-hydrogen) atoms. The van der Waals surface area contributed by atoms with E-state index in [0.717, 1.165) is 22.6 Å². The van der Waals surface area contributed by atoms with Crippen LogP contribution in [0.15, 0.2) is 42.5 Å². The van der Waals surface area contributed by atoms with E-state index in [1.54, 1.807) is 19.2 Å². The van der Waals surface area contributed by atoms with Crippen molar-refractivity contribution in [3.05, 3.63) is 59.2 Å². The number of methoxy groups -OCH3 is 2. The lowest BCUT2D eigenvalue weighted by molar-refractivity contribution is -0.119. The van der Waals surface area contributed by atoms with Gasteiger partial charge in [0, 0.05) is 12.2 Å². The zero-order chi connectivity index (χ0) is 18.2. The van der Waals surface area contributed by atoms with Crippen molar-refractivity contribution in [1.29, 1.82) is 0 Å². The highest BCUT2D eigenvalue weighted by Gasteiger charge is 2.09. The van der Waals surface area contributed by atoms with E-state index < -0.39 is 5.97 Å². The van der Waals surface area contributed by atoms with Crippen molar-refractivity contribution >= 4 is 17.6 Å². The first-order chi connectivity index (χ1) is 12.0. The van der Waals surface area contributed by atoms with E-state index in [4.69, 9.17) is 9.47 Å². The highest BCUT2D eigenvalue weighted by molar-refractivity contribution is 5.91. The number of anilines is 1. The van der Waals surface area contributed by atoms with Gasteiger partial charge in [-0.15, -0.1) is 0 Å². The third kappa shape index (κ3) is 5.24. The molecule has 0 saturated carbocycles. The van der Waals surface area contributed by atoms with Gasteiger partial charge < -0.3 is 20.1 Å². The van der Waals surface area contributed by atoms with E-state index in [9.17, 15) is 9.59 Å². The Morgan fingerprint density at radius 3 is 2.60 bits per heavy atom. The van der Waals surface area contributed by atoms with E-state index in [-0.39, 0.29) is 12.5 Å². The van der Waals surface area contributed by atoms with Crippen LogP contribution in [0.1, 0.15) is 21.5 Å². The quantitative estimate of drug-likeness (QED) is 0.756. The topological polar surface area (TPSA) is 76.7 Å². The molecule has 2 aromatic carbocycles. The Morgan fingerprint density at radius 2 is 1.88 bits per heavy atom. The summed E-state index contributed by atoms with van der Waals surface area (Å²) in [5, 5.41) is 5.89. The van der Waals surface area contributed by atoms with Crippen molar-refractivity contribution in [2.45, 2.75) is 13.5 Å². The lowest BCUT2D eigenvalue weighted by Crippen LogP contribution is -2.29. The molecule has 0 unspecified atom stereocenters. The van der Waals surface area contributed by atoms with Crippen LogP contribution < -0.4 is 15.4 Å². The van der Waals surface area contributed by atoms with Gasteiger partial charge in [-0.25, -0.2) is 4.79 Å². The number of ether oxygens (including phenoxy) is 2. The zero-order valence-electron chi connectivity index (χ0n) is 14.6. The number of rotatable bonds is 7. The Balaban J connectivity index is 1.90. The molecule has 2 N–H and O–H groups in total. The largest absolute Gasteiger partial charge is 0.497 e. The molecule has 0 radical (unpaired) electrons. The number of esters is 1. The first kappa shape index (κ1) is 18.3. The summed E-state index contributed by atoms with van der Waals surface area (Å²) in [5.41, 5.74) is 3.05. The summed E-state index contributed by atoms with van der Waals surface area (Å²) in [7, 11) is 2.94. The Bertz CT molecular complexity index is 759. The maximum absolute atomic E-state index is 12.0. The van der Waals surface area contributed by atoms with Crippen LogP contribution in [-0.4, -0.2) is 32.6 Å². The second-order valence-corrected chi connectivity index (χ2v) is 5.50. The van der Waals surface area contributed by atoms with Crippen molar-refractivity contribution in [1.82, 2.24) is 5.32 Å². The Kier molecular flexibility index (Phi) is 6.39. The van der Waals surface area contributed by atoms with E-state index in [1.807, 2.05) is 37.3 Å². The van der Waals surface area contributed by atoms with Gasteiger partial charge in [0.05, 0.1) is 26.3 Å². The first-order valence-electron chi connectivity index (χ1n) is 7.86. The smallest absolute Gasteiger partial charge is 0.337 e. The van der Waals surface area contributed by atoms with Gasteiger partial charge in [-0.1, -0.05) is 18.2 Å². The third-order valence-electron chi connectivity index (χ3n) is 3.72. The normalized spacial score (nSPS) is 10.0. The molecular formula is C19H22N2O4. The molecule has 6 heteroatoms. The molecule has 0 spiro atoms. The van der Waals surface area contributed by atoms with Crippen LogP contribution in [0.2, 0.25) is 0 Å². The molecule has 2 aromatic rings. The molecule has 0 saturated heterocycles. The summed E-state index contributed by atoms with van der Waals surface area (Å²) >= 11 is 0. The second kappa shape index (κ2) is 8.73. The number of hydrogen-bond acceptors (Lipinski definition) is 5. The summed E-state index contributed by atoms with van der Waals surface area (Å²) in [5.74, 6) is 0.191. The highest BCUT2D eigenvalue weighted by Crippen LogP contribution is 2.17. The van der Waals surface area contributed by atoms with Crippen LogP contribution in [0.25, 0.3) is 0 Å². The van der Waals surface area contributed by atoms with E-state index in [1.165, 1.54) is 7.11 Å². The molecule has 6 nitrogen and oxygen atoms in total. The van der Waals surface area contributed by atoms with Crippen LogP contribution >= 0.6 is 0 Å². The minimum Gasteiger partial charge on any atom is -0.497 e. The number of aryl methyl sites for hydroxylation is 1. The molecule has 0 aliphatic rings. The van der Waals surface area contributed by atoms with Crippen molar-refractivity contribution in [3.63, 3.8) is 0 Å². The minimum absolute atomic E-state index is 0.107. The molecule has 2 rings (SSSR count). The molecule has 0 bridgehead atoms. The molecular weight excluding hydrogens is 320 g/mol. The summed E-state index contributed by atoms with van der Waals surface area (Å²) in [6, 6.07) is 12.7. The van der Waals surface area contributed by atoms with Crippen molar-refractivity contribution in [2.75, 3.05) is 26.1 Å². The lowest BCUT2D eigenvalue weighted by Gasteiger charge is -2.11. The van der Waals surface area contributed by atoms with Crippen molar-refractivity contribution in [2.24, 2.45) is 0 Å². The van der Waals surface area contributed by atoms with E-state index in [0.29, 0.717) is 12.1 Å². The van der Waals surface area contributed by atoms with Crippen LogP contribution in [0.4, 0.5) is 5.69 Å². The average molecular weight is 342 g/mol. The van der Waals surface area contributed by atoms with Gasteiger partial charge in [0.25, 0.3) is 0 Å². The molecule has 0 aromatic heterocycles. The maximum Gasteiger partial charge on any atom is 0.337 e. The zero-order valence-corrected chi connectivity index (χ0v) is 14.6. The molecule has 0 heterocycles. The van der Waals surface area contributed by atoms with Gasteiger partial charge in [-0.2, -0.15) is 0 Å². The molecule has 132 valence electrons. The third-order valence-corrected chi connectivity index (χ3v) is 3.72. The van der Waals surface area contributed by atoms with Crippen LogP contribution in [-0.2, 0) is 16.1 Å². The predicted octanol–water partition coefficient (Wildman–Crippen LogP) is 2.52. The fraction of sp³-hybridized carbons (Fsp3) is 0.263. The van der Waals surface area contributed by atoms with Gasteiger partial charge in [-0.3, -0.25) is 4.79 Å². The number of benzene rings is 2. The maximum atomic E-state index is 12.0. The van der Waals surface area contributed by atoms with Gasteiger partial charge in [0.1, 0.15) is 5.75 Å². The Morgan fingerprint density at radius 1 is 1.08 bits per heavy atom. The molecule has 0 aliphatic heterocycles. The van der Waals surface area contributed by atoms with E-state index in [2.05, 4.69) is 10.6 Å².